The number of ether oxygens (including phenoxy) is 1. The largest absolute Gasteiger partial charge is 0.383 e. The van der Waals surface area contributed by atoms with Gasteiger partial charge in [0.1, 0.15) is 5.84 Å². The molecular formula is C9H17N5O. The molecule has 0 aliphatic carbocycles. The number of amidine groups is 1. The molecule has 0 saturated heterocycles. The third-order valence-electron chi connectivity index (χ3n) is 2.19. The predicted molar refractivity (Wildman–Crippen MR) is 58.5 cm³/mol. The summed E-state index contributed by atoms with van der Waals surface area (Å²) < 4.78 is 6.69. The second-order valence-electron chi connectivity index (χ2n) is 3.13. The summed E-state index contributed by atoms with van der Waals surface area (Å²) in [6.07, 6.45) is 1.74. The number of nitrogens with two attached hydrogens (primary N) is 1. The summed E-state index contributed by atoms with van der Waals surface area (Å²) in [6.45, 7) is 3.11. The molecule has 84 valence electrons. The van der Waals surface area contributed by atoms with Crippen molar-refractivity contribution in [2.45, 2.75) is 6.92 Å². The first-order valence-electron chi connectivity index (χ1n) is 4.69. The number of hydrazine groups is 1. The highest BCUT2D eigenvalue weighted by atomic mass is 16.5. The average molecular weight is 211 g/mol. The number of rotatable bonds is 4. The third kappa shape index (κ3) is 2.77. The maximum Gasteiger partial charge on any atom is 0.146 e. The summed E-state index contributed by atoms with van der Waals surface area (Å²) in [7, 11) is 3.52. The zero-order chi connectivity index (χ0) is 11.3. The Morgan fingerprint density at radius 3 is 2.93 bits per heavy atom. The van der Waals surface area contributed by atoms with Gasteiger partial charge in [-0.3, -0.25) is 9.67 Å². The molecule has 0 saturated carbocycles. The number of hydrogen-bond donors (Lipinski definition) is 2. The zero-order valence-electron chi connectivity index (χ0n) is 9.32. The summed E-state index contributed by atoms with van der Waals surface area (Å²) >= 11 is 0. The Bertz CT molecular complexity index is 344. The average Bonchev–Trinajstić information content (AvgIpc) is 2.56. The zero-order valence-corrected chi connectivity index (χ0v) is 9.32. The Labute approximate surface area is 89.1 Å². The van der Waals surface area contributed by atoms with Crippen LogP contribution in [0.25, 0.3) is 0 Å². The van der Waals surface area contributed by atoms with Crippen LogP contribution in [0.2, 0.25) is 0 Å². The van der Waals surface area contributed by atoms with Gasteiger partial charge in [0.2, 0.25) is 0 Å². The summed E-state index contributed by atoms with van der Waals surface area (Å²) in [4.78, 5) is 4.28. The van der Waals surface area contributed by atoms with Gasteiger partial charge in [0, 0.05) is 19.9 Å². The van der Waals surface area contributed by atoms with Gasteiger partial charge in [-0.1, -0.05) is 0 Å². The van der Waals surface area contributed by atoms with Crippen LogP contribution in [0.3, 0.4) is 0 Å². The van der Waals surface area contributed by atoms with Crippen LogP contribution >= 0.6 is 0 Å². The first-order chi connectivity index (χ1) is 7.20. The molecule has 6 heteroatoms. The Hall–Kier alpha value is -1.40. The maximum absolute atomic E-state index is 5.41. The van der Waals surface area contributed by atoms with E-state index in [1.807, 2.05) is 14.0 Å². The van der Waals surface area contributed by atoms with Gasteiger partial charge in [-0.25, -0.2) is 5.84 Å². The summed E-state index contributed by atoms with van der Waals surface area (Å²) in [6, 6.07) is 0. The standard InChI is InChI=1S/C9H17N5O/c1-7-8(6-12-14(7)2)9(13-10)11-4-5-15-3/h6H,4-5,10H2,1-3H3,(H,11,13). The van der Waals surface area contributed by atoms with Crippen LogP contribution in [0, 0.1) is 6.92 Å². The van der Waals surface area contributed by atoms with Crippen molar-refractivity contribution in [3.05, 3.63) is 17.5 Å². The van der Waals surface area contributed by atoms with Crippen LogP contribution in [-0.2, 0) is 11.8 Å². The normalized spacial score (nSPS) is 11.9. The minimum Gasteiger partial charge on any atom is -0.383 e. The minimum atomic E-state index is 0.574. The van der Waals surface area contributed by atoms with E-state index in [1.165, 1.54) is 0 Å². The molecule has 1 aromatic heterocycles. The molecule has 15 heavy (non-hydrogen) atoms. The molecule has 0 aliphatic heterocycles. The highest BCUT2D eigenvalue weighted by Gasteiger charge is 2.08. The van der Waals surface area contributed by atoms with Crippen molar-refractivity contribution < 1.29 is 4.74 Å². The maximum atomic E-state index is 5.41. The van der Waals surface area contributed by atoms with E-state index in [1.54, 1.807) is 18.0 Å². The molecule has 1 rings (SSSR count). The number of aliphatic imine (C=N–C) groups is 1. The summed E-state index contributed by atoms with van der Waals surface area (Å²) in [5, 5.41) is 4.12. The molecule has 0 spiro atoms. The van der Waals surface area contributed by atoms with E-state index in [2.05, 4.69) is 15.5 Å². The monoisotopic (exact) mass is 211 g/mol. The highest BCUT2D eigenvalue weighted by molar-refractivity contribution is 5.99. The van der Waals surface area contributed by atoms with Crippen molar-refractivity contribution in [3.63, 3.8) is 0 Å². The van der Waals surface area contributed by atoms with Gasteiger partial charge < -0.3 is 10.2 Å². The van der Waals surface area contributed by atoms with E-state index >= 15 is 0 Å². The van der Waals surface area contributed by atoms with E-state index in [4.69, 9.17) is 10.6 Å². The molecule has 0 amide bonds. The fourth-order valence-electron chi connectivity index (χ4n) is 1.19. The number of nitrogens with one attached hydrogen (secondary N) is 1. The lowest BCUT2D eigenvalue weighted by Gasteiger charge is -2.05. The van der Waals surface area contributed by atoms with Crippen LogP contribution in [0.15, 0.2) is 11.2 Å². The van der Waals surface area contributed by atoms with E-state index in [9.17, 15) is 0 Å². The second kappa shape index (κ2) is 5.47. The van der Waals surface area contributed by atoms with Crippen LogP contribution in [-0.4, -0.2) is 35.9 Å². The number of aromatic nitrogens is 2. The molecule has 3 N–H and O–H groups in total. The van der Waals surface area contributed by atoms with E-state index in [-0.39, 0.29) is 0 Å². The van der Waals surface area contributed by atoms with E-state index in [0.717, 1.165) is 11.3 Å². The lowest BCUT2D eigenvalue weighted by Crippen LogP contribution is -2.32. The minimum absolute atomic E-state index is 0.574. The first kappa shape index (κ1) is 11.7. The van der Waals surface area contributed by atoms with Crippen molar-refractivity contribution in [2.24, 2.45) is 17.9 Å². The molecular weight excluding hydrogens is 194 g/mol. The lowest BCUT2D eigenvalue weighted by molar-refractivity contribution is 0.208. The Balaban J connectivity index is 2.82. The van der Waals surface area contributed by atoms with Crippen molar-refractivity contribution >= 4 is 5.84 Å². The van der Waals surface area contributed by atoms with Gasteiger partial charge in [0.25, 0.3) is 0 Å². The Kier molecular flexibility index (Phi) is 4.26. The van der Waals surface area contributed by atoms with Crippen LogP contribution in [0.5, 0.6) is 0 Å². The second-order valence-corrected chi connectivity index (χ2v) is 3.13. The molecule has 0 unspecified atom stereocenters. The molecule has 1 aromatic rings. The highest BCUT2D eigenvalue weighted by Crippen LogP contribution is 2.05. The Morgan fingerprint density at radius 1 is 1.73 bits per heavy atom. The molecule has 0 bridgehead atoms. The number of aryl methyl sites for hydroxylation is 1. The van der Waals surface area contributed by atoms with Crippen molar-refractivity contribution in [1.82, 2.24) is 15.2 Å². The predicted octanol–water partition coefficient (Wildman–Crippen LogP) is -0.415. The van der Waals surface area contributed by atoms with Crippen LogP contribution < -0.4 is 11.3 Å². The quantitative estimate of drug-likeness (QED) is 0.233. The first-order valence-corrected chi connectivity index (χ1v) is 4.69. The molecule has 6 nitrogen and oxygen atoms in total. The molecule has 0 fully saturated rings. The van der Waals surface area contributed by atoms with Gasteiger partial charge in [-0.15, -0.1) is 0 Å². The van der Waals surface area contributed by atoms with Crippen molar-refractivity contribution in [3.8, 4) is 0 Å². The molecule has 0 aromatic carbocycles. The fraction of sp³-hybridized carbons (Fsp3) is 0.556. The summed E-state index contributed by atoms with van der Waals surface area (Å²) in [5.41, 5.74) is 4.50. The SMILES string of the molecule is COCCN=C(NN)c1cnn(C)c1C. The third-order valence-corrected chi connectivity index (χ3v) is 2.19. The molecule has 0 aliphatic rings. The molecule has 0 atom stereocenters. The van der Waals surface area contributed by atoms with Crippen LogP contribution in [0.4, 0.5) is 0 Å². The van der Waals surface area contributed by atoms with Gasteiger partial charge >= 0.3 is 0 Å². The topological polar surface area (TPSA) is 77.5 Å². The summed E-state index contributed by atoms with van der Waals surface area (Å²) in [5.74, 6) is 6.04. The van der Waals surface area contributed by atoms with Crippen LogP contribution in [0.1, 0.15) is 11.3 Å². The van der Waals surface area contributed by atoms with Gasteiger partial charge in [0.15, 0.2) is 0 Å². The van der Waals surface area contributed by atoms with Crippen molar-refractivity contribution in [1.29, 1.82) is 0 Å². The molecule has 0 radical (unpaired) electrons. The van der Waals surface area contributed by atoms with Crippen molar-refractivity contribution in [2.75, 3.05) is 20.3 Å². The number of methoxy groups -OCH3 is 1. The van der Waals surface area contributed by atoms with Gasteiger partial charge in [-0.2, -0.15) is 5.10 Å². The number of hydrogen-bond acceptors (Lipinski definition) is 4. The van der Waals surface area contributed by atoms with E-state index < -0.39 is 0 Å². The van der Waals surface area contributed by atoms with Gasteiger partial charge in [0.05, 0.1) is 24.9 Å². The fourth-order valence-corrected chi connectivity index (χ4v) is 1.19. The Morgan fingerprint density at radius 2 is 2.47 bits per heavy atom. The number of nitrogens with zero attached hydrogens (tertiary/aromatic N) is 3. The van der Waals surface area contributed by atoms with E-state index in [0.29, 0.717) is 19.0 Å². The molecule has 1 heterocycles. The lowest BCUT2D eigenvalue weighted by atomic mass is 10.2. The van der Waals surface area contributed by atoms with Gasteiger partial charge in [-0.05, 0) is 6.92 Å². The smallest absolute Gasteiger partial charge is 0.146 e.